The molecule has 0 spiro atoms. The van der Waals surface area contributed by atoms with Crippen molar-refractivity contribution in [1.29, 1.82) is 5.26 Å². The number of H-pyrrole nitrogens is 1. The van der Waals surface area contributed by atoms with E-state index in [1.165, 1.54) is 72.7 Å². The second kappa shape index (κ2) is 36.8. The molecule has 1 aromatic heterocycles. The van der Waals surface area contributed by atoms with Crippen LogP contribution in [0.2, 0.25) is 0 Å². The molecule has 0 radical (unpaired) electrons. The van der Waals surface area contributed by atoms with Crippen molar-refractivity contribution in [3.63, 3.8) is 0 Å². The number of carbonyl (C=O) groups excluding carboxylic acids is 2. The Labute approximate surface area is 605 Å². The van der Waals surface area contributed by atoms with Crippen LogP contribution in [-0.4, -0.2) is 130 Å². The first-order valence-electron chi connectivity index (χ1n) is 34.8. The predicted molar refractivity (Wildman–Crippen MR) is 394 cm³/mol. The van der Waals surface area contributed by atoms with E-state index in [1.54, 1.807) is 26.4 Å². The number of nitro groups is 1. The Morgan fingerprint density at radius 1 is 0.779 bits per heavy atom. The monoisotopic (exact) mass is 1440 g/mol. The largest absolute Gasteiger partial charge is 0.497 e. The van der Waals surface area contributed by atoms with Gasteiger partial charge in [-0.2, -0.15) is 10.4 Å². The minimum absolute atomic E-state index is 0.00356. The molecule has 10 rings (SSSR count). The molecule has 7 aromatic rings. The van der Waals surface area contributed by atoms with Crippen LogP contribution in [0, 0.1) is 21.4 Å². The minimum atomic E-state index is -1.82. The van der Waals surface area contributed by atoms with E-state index in [4.69, 9.17) is 47.3 Å². The van der Waals surface area contributed by atoms with E-state index < -0.39 is 54.6 Å². The maximum Gasteiger partial charge on any atom is 0.330 e. The minimum Gasteiger partial charge on any atom is -0.497 e. The molecule has 2 amide bonds. The van der Waals surface area contributed by atoms with Gasteiger partial charge in [-0.15, -0.1) is 15.3 Å². The van der Waals surface area contributed by atoms with Crippen LogP contribution in [0.15, 0.2) is 164 Å². The summed E-state index contributed by atoms with van der Waals surface area (Å²) in [6, 6.07) is 38.2. The summed E-state index contributed by atoms with van der Waals surface area (Å²) in [5.41, 5.74) is 4.80. The number of aromatic amines is 1. The normalized spacial score (nSPS) is 16.1. The van der Waals surface area contributed by atoms with Gasteiger partial charge in [0.25, 0.3) is 19.8 Å². The maximum absolute atomic E-state index is 13.9. The van der Waals surface area contributed by atoms with E-state index in [-0.39, 0.29) is 74.8 Å². The molecule has 104 heavy (non-hydrogen) atoms. The second-order valence-electron chi connectivity index (χ2n) is 25.5. The van der Waals surface area contributed by atoms with Gasteiger partial charge in [0.1, 0.15) is 58.0 Å². The summed E-state index contributed by atoms with van der Waals surface area (Å²) in [7, 11) is 4.39. The van der Waals surface area contributed by atoms with Gasteiger partial charge in [-0.25, -0.2) is 9.46 Å². The van der Waals surface area contributed by atoms with Crippen LogP contribution in [0.25, 0.3) is 6.08 Å². The van der Waals surface area contributed by atoms with Crippen molar-refractivity contribution in [3.05, 3.63) is 198 Å². The molecule has 3 aliphatic heterocycles. The Hall–Kier alpha value is -10.2. The summed E-state index contributed by atoms with van der Waals surface area (Å²) in [5.74, 6) is 1.97. The Morgan fingerprint density at radius 3 is 2.03 bits per heavy atom. The van der Waals surface area contributed by atoms with Crippen LogP contribution in [0.5, 0.6) is 28.7 Å². The van der Waals surface area contributed by atoms with Gasteiger partial charge >= 0.3 is 5.69 Å². The fourth-order valence-electron chi connectivity index (χ4n) is 13.0. The maximum atomic E-state index is 13.9. The predicted octanol–water partition coefficient (Wildman–Crippen LogP) is 13.9. The summed E-state index contributed by atoms with van der Waals surface area (Å²) < 4.78 is 60.1. The highest BCUT2D eigenvalue weighted by molar-refractivity contribution is 7.44. The number of unbranched alkanes of at least 4 members (excludes halogenated alkanes) is 2. The van der Waals surface area contributed by atoms with Crippen molar-refractivity contribution >= 4 is 60.5 Å². The first-order valence-corrected chi connectivity index (χ1v) is 36.0. The number of nitriles is 1. The van der Waals surface area contributed by atoms with Gasteiger partial charge in [-0.05, 0) is 143 Å². The highest BCUT2D eigenvalue weighted by Gasteiger charge is 2.45. The lowest BCUT2D eigenvalue weighted by Crippen LogP contribution is -2.39. The Bertz CT molecular complexity index is 4280. The SMILES string of the molecule is COc1ccc(C(OC[C@H]2O[C@@H](n3cc(/C=C/C(=O)NCCNC(=O)CCCCCOc4c(N=Nc5cc(OC)c(N=Nc6ccc([N+](=O)[O-])cc6)cc5OC)cc5c6c4CCCN6CCC5)c(=O)[nH]c3=O)C[C@@H]2OP(OCCC#N)N(C(C)C)C(C)C)(c2ccccc2)c2ccc(OC)cc2)cc1. The number of non-ortho nitro benzene ring substituents is 1. The molecule has 4 heterocycles. The van der Waals surface area contributed by atoms with Gasteiger partial charge in [-0.3, -0.25) is 34.0 Å². The third-order valence-electron chi connectivity index (χ3n) is 18.0. The molecule has 0 saturated carbocycles. The highest BCUT2D eigenvalue weighted by atomic mass is 31.2. The van der Waals surface area contributed by atoms with E-state index >= 15 is 0 Å². The lowest BCUT2D eigenvalue weighted by molar-refractivity contribution is -0.384. The summed E-state index contributed by atoms with van der Waals surface area (Å²) in [5, 5.41) is 44.3. The second-order valence-corrected chi connectivity index (χ2v) is 26.9. The molecule has 28 heteroatoms. The van der Waals surface area contributed by atoms with Crippen molar-refractivity contribution < 1.29 is 56.7 Å². The molecule has 1 unspecified atom stereocenters. The van der Waals surface area contributed by atoms with Gasteiger partial charge in [-0.1, -0.05) is 54.6 Å². The zero-order valence-electron chi connectivity index (χ0n) is 59.8. The van der Waals surface area contributed by atoms with Crippen LogP contribution in [0.4, 0.5) is 34.1 Å². The molecule has 27 nitrogen and oxygen atoms in total. The molecule has 4 atom stereocenters. The van der Waals surface area contributed by atoms with Gasteiger partial charge in [0, 0.05) is 98.9 Å². The van der Waals surface area contributed by atoms with Crippen molar-refractivity contribution in [2.45, 2.75) is 128 Å². The number of ether oxygens (including phenoxy) is 7. The topological polar surface area (TPSA) is 319 Å². The van der Waals surface area contributed by atoms with Crippen molar-refractivity contribution in [2.75, 3.05) is 79.3 Å². The number of anilines is 1. The number of methoxy groups -OCH3 is 4. The van der Waals surface area contributed by atoms with E-state index in [9.17, 15) is 34.6 Å². The Kier molecular flexibility index (Phi) is 27.0. The number of azo groups is 2. The summed E-state index contributed by atoms with van der Waals surface area (Å²) in [4.78, 5) is 69.2. The molecule has 0 aliphatic carbocycles. The number of nitro benzene ring substituents is 1. The average molecular weight is 1440 g/mol. The average Bonchev–Trinajstić information content (AvgIpc) is 0.872. The molecule has 3 N–H and O–H groups in total. The molecular formula is C76H89N12O15P. The van der Waals surface area contributed by atoms with Crippen LogP contribution < -0.4 is 50.5 Å². The zero-order chi connectivity index (χ0) is 73.7. The summed E-state index contributed by atoms with van der Waals surface area (Å²) >= 11 is 0. The van der Waals surface area contributed by atoms with Gasteiger partial charge < -0.3 is 57.7 Å². The highest BCUT2D eigenvalue weighted by Crippen LogP contribution is 2.52. The van der Waals surface area contributed by atoms with Gasteiger partial charge in [0.2, 0.25) is 11.8 Å². The number of rotatable bonds is 36. The number of aromatic nitrogens is 2. The lowest BCUT2D eigenvalue weighted by atomic mass is 9.80. The Morgan fingerprint density at radius 2 is 1.40 bits per heavy atom. The van der Waals surface area contributed by atoms with E-state index in [0.717, 1.165) is 61.0 Å². The Balaban J connectivity index is 0.761. The summed E-state index contributed by atoms with van der Waals surface area (Å²) in [6.07, 6.45) is 7.35. The van der Waals surface area contributed by atoms with E-state index in [0.29, 0.717) is 77.4 Å². The molecule has 1 fully saturated rings. The third kappa shape index (κ3) is 19.0. The number of carbonyl (C=O) groups is 2. The number of benzene rings is 6. The van der Waals surface area contributed by atoms with Crippen molar-refractivity contribution in [3.8, 4) is 34.8 Å². The molecule has 1 saturated heterocycles. The molecule has 548 valence electrons. The fraction of sp³-hybridized carbons (Fsp3) is 0.408. The molecule has 0 bridgehead atoms. The fourth-order valence-corrected chi connectivity index (χ4v) is 14.8. The number of amides is 2. The molecule has 6 aromatic carbocycles. The van der Waals surface area contributed by atoms with E-state index in [1.807, 2.05) is 107 Å². The first-order chi connectivity index (χ1) is 50.4. The zero-order valence-corrected chi connectivity index (χ0v) is 60.7. The number of hydrogen-bond acceptors (Lipinski definition) is 22. The van der Waals surface area contributed by atoms with E-state index in [2.05, 4.69) is 52.7 Å². The van der Waals surface area contributed by atoms with Crippen LogP contribution >= 0.6 is 8.53 Å². The quantitative estimate of drug-likeness (QED) is 0.00625. The lowest BCUT2D eigenvalue weighted by Gasteiger charge is -2.39. The van der Waals surface area contributed by atoms with Gasteiger partial charge in [0.05, 0.1) is 83.0 Å². The molecule has 3 aliphatic rings. The first kappa shape index (κ1) is 76.4. The van der Waals surface area contributed by atoms with Crippen LogP contribution in [-0.2, 0) is 46.6 Å². The van der Waals surface area contributed by atoms with Crippen molar-refractivity contribution in [1.82, 2.24) is 24.9 Å². The smallest absolute Gasteiger partial charge is 0.330 e. The molecular weight excluding hydrogens is 1350 g/mol. The number of hydrogen-bond donors (Lipinski definition) is 3. The number of nitrogens with one attached hydrogen (secondary N) is 3. The third-order valence-corrected chi connectivity index (χ3v) is 20.2. The number of aryl methyl sites for hydroxylation is 1. The summed E-state index contributed by atoms with van der Waals surface area (Å²) in [6.45, 7) is 10.7. The van der Waals surface area contributed by atoms with Crippen molar-refractivity contribution in [2.24, 2.45) is 20.5 Å². The standard InChI is InChI=1S/C76H89N12O15P/c1-50(2)87(51(3)4)104(101-43-17-37-77)103-67-47-71(102-68(67)49-100-76(54-19-11-9-12-20-54,55-24-32-59(95-5)33-25-55)56-26-34-60(96-6)35-27-56)86-48-53(74(91)80-75(86)92)23-36-70(90)79-39-38-78-69(89)22-13-10-14-42-99-73-61-21-16-41-85-40-15-18-52(72(61)85)44-64(73)84-83-63-46-65(97-7)62(45-66(63)98-8)82-81-57-28-30-58(31-29-57)88(93)94/h9,11-12,19-20,23-36,44-46,48,50-51,67-68,71H,10,13-18,21-22,38-43,47,49H2,1-8H3,(H,78,89)(H,79,90)(H,80,91,92)/b36-23+,82-81?,84-83?/t67-,68+,71+,104?/m0/s1. The number of nitrogens with zero attached hydrogens (tertiary/aromatic N) is 9. The van der Waals surface area contributed by atoms with Gasteiger partial charge in [0.15, 0.2) is 5.75 Å². The van der Waals surface area contributed by atoms with Crippen LogP contribution in [0.1, 0.15) is 119 Å². The van der Waals surface area contributed by atoms with Crippen LogP contribution in [0.3, 0.4) is 0 Å².